The molecule has 0 spiro atoms. The van der Waals surface area contributed by atoms with Gasteiger partial charge in [-0.05, 0) is 55.2 Å². The molecule has 0 aliphatic heterocycles. The number of rotatable bonds is 7. The van der Waals surface area contributed by atoms with Crippen molar-refractivity contribution >= 4 is 38.9 Å². The molecule has 2 bridgehead atoms. The van der Waals surface area contributed by atoms with Crippen LogP contribution < -0.4 is 10.6 Å². The molecule has 12 heteroatoms. The molecule has 2 aliphatic carbocycles. The highest BCUT2D eigenvalue weighted by molar-refractivity contribution is 7.92. The van der Waals surface area contributed by atoms with Gasteiger partial charge in [0.05, 0.1) is 20.8 Å². The van der Waals surface area contributed by atoms with Gasteiger partial charge in [0.2, 0.25) is 5.91 Å². The van der Waals surface area contributed by atoms with Gasteiger partial charge >= 0.3 is 0 Å². The number of carbonyl (C=O) groups is 2. The summed E-state index contributed by atoms with van der Waals surface area (Å²) in [6, 6.07) is 4.81. The van der Waals surface area contributed by atoms with E-state index in [4.69, 9.17) is 11.6 Å². The molecule has 0 aromatic heterocycles. The molecule has 212 valence electrons. The first kappa shape index (κ1) is 29.4. The SMILES string of the molecule is CC(C)C(=O)NC[C@@]1(O)C2C[C@@H](S(=O)(=O)c3cc(C(=O)Nc4cc(F)c(F)c(F)c4)ccc3Cl)C[C@@H]1[C@@H](C)C2. The fraction of sp³-hybridized carbons (Fsp3) is 0.481. The molecule has 1 unspecified atom stereocenters. The Morgan fingerprint density at radius 1 is 1.10 bits per heavy atom. The lowest BCUT2D eigenvalue weighted by Crippen LogP contribution is -2.55. The van der Waals surface area contributed by atoms with Crippen LogP contribution in [-0.2, 0) is 14.6 Å². The molecule has 3 N–H and O–H groups in total. The first-order valence-corrected chi connectivity index (χ1v) is 14.6. The molecule has 0 radical (unpaired) electrons. The van der Waals surface area contributed by atoms with E-state index < -0.39 is 44.0 Å². The summed E-state index contributed by atoms with van der Waals surface area (Å²) in [6.07, 6.45) is 0.902. The summed E-state index contributed by atoms with van der Waals surface area (Å²) in [6.45, 7) is 5.48. The Hall–Kier alpha value is -2.63. The molecule has 2 aromatic carbocycles. The van der Waals surface area contributed by atoms with Crippen molar-refractivity contribution in [2.45, 2.75) is 55.8 Å². The number of carbonyl (C=O) groups excluding carboxylic acids is 2. The van der Waals surface area contributed by atoms with E-state index in [1.165, 1.54) is 12.1 Å². The second kappa shape index (κ2) is 10.7. The van der Waals surface area contributed by atoms with Gasteiger partial charge in [0, 0.05) is 35.8 Å². The Morgan fingerprint density at radius 2 is 1.74 bits per heavy atom. The number of benzene rings is 2. The summed E-state index contributed by atoms with van der Waals surface area (Å²) in [4.78, 5) is 24.6. The predicted octanol–water partition coefficient (Wildman–Crippen LogP) is 4.72. The molecule has 0 saturated heterocycles. The molecular formula is C27H30ClF3N2O5S. The fourth-order valence-electron chi connectivity index (χ4n) is 5.88. The van der Waals surface area contributed by atoms with Gasteiger partial charge in [0.1, 0.15) is 0 Å². The average molecular weight is 587 g/mol. The molecule has 2 aromatic rings. The Balaban J connectivity index is 1.56. The Morgan fingerprint density at radius 3 is 2.33 bits per heavy atom. The number of hydrogen-bond acceptors (Lipinski definition) is 5. The minimum Gasteiger partial charge on any atom is -0.387 e. The largest absolute Gasteiger partial charge is 0.387 e. The van der Waals surface area contributed by atoms with Crippen LogP contribution in [0.4, 0.5) is 18.9 Å². The summed E-state index contributed by atoms with van der Waals surface area (Å²) in [5.74, 6) is -6.71. The predicted molar refractivity (Wildman–Crippen MR) is 139 cm³/mol. The molecule has 2 aliphatic rings. The van der Waals surface area contributed by atoms with Crippen LogP contribution in [0.3, 0.4) is 0 Å². The number of nitrogens with one attached hydrogen (secondary N) is 2. The van der Waals surface area contributed by atoms with Gasteiger partial charge in [-0.1, -0.05) is 32.4 Å². The zero-order valence-corrected chi connectivity index (χ0v) is 23.2. The van der Waals surface area contributed by atoms with Crippen molar-refractivity contribution in [3.8, 4) is 0 Å². The topological polar surface area (TPSA) is 113 Å². The van der Waals surface area contributed by atoms with Crippen LogP contribution >= 0.6 is 11.6 Å². The second-order valence-corrected chi connectivity index (χ2v) is 13.5. The minimum absolute atomic E-state index is 0.0280. The Labute approximate surface area is 230 Å². The molecule has 7 nitrogen and oxygen atoms in total. The first-order valence-electron chi connectivity index (χ1n) is 12.6. The highest BCUT2D eigenvalue weighted by Gasteiger charge is 2.58. The molecule has 0 heterocycles. The van der Waals surface area contributed by atoms with Crippen molar-refractivity contribution in [1.82, 2.24) is 5.32 Å². The van der Waals surface area contributed by atoms with Gasteiger partial charge in [-0.2, -0.15) is 0 Å². The quantitative estimate of drug-likeness (QED) is 0.406. The molecule has 5 atom stereocenters. The molecular weight excluding hydrogens is 557 g/mol. The maximum Gasteiger partial charge on any atom is 0.255 e. The van der Waals surface area contributed by atoms with Gasteiger partial charge in [-0.15, -0.1) is 0 Å². The van der Waals surface area contributed by atoms with E-state index in [2.05, 4.69) is 10.6 Å². The first-order chi connectivity index (χ1) is 18.1. The number of aliphatic hydroxyl groups is 1. The van der Waals surface area contributed by atoms with Crippen LogP contribution in [0.15, 0.2) is 35.2 Å². The van der Waals surface area contributed by atoms with Crippen LogP contribution in [0.2, 0.25) is 5.02 Å². The summed E-state index contributed by atoms with van der Waals surface area (Å²) < 4.78 is 67.8. The summed E-state index contributed by atoms with van der Waals surface area (Å²) in [7, 11) is -4.06. The maximum absolute atomic E-state index is 13.8. The van der Waals surface area contributed by atoms with Crippen LogP contribution in [0, 0.1) is 41.1 Å². The highest BCUT2D eigenvalue weighted by Crippen LogP contribution is 2.54. The van der Waals surface area contributed by atoms with E-state index in [1.54, 1.807) is 13.8 Å². The molecule has 2 fully saturated rings. The third kappa shape index (κ3) is 5.53. The highest BCUT2D eigenvalue weighted by atomic mass is 35.5. The van der Waals surface area contributed by atoms with Gasteiger partial charge in [-0.25, -0.2) is 21.6 Å². The van der Waals surface area contributed by atoms with Crippen molar-refractivity contribution in [1.29, 1.82) is 0 Å². The third-order valence-electron chi connectivity index (χ3n) is 8.01. The van der Waals surface area contributed by atoms with Gasteiger partial charge in [0.25, 0.3) is 5.91 Å². The molecule has 39 heavy (non-hydrogen) atoms. The number of sulfone groups is 1. The van der Waals surface area contributed by atoms with Crippen LogP contribution in [0.1, 0.15) is 50.4 Å². The third-order valence-corrected chi connectivity index (χ3v) is 10.7. The van der Waals surface area contributed by atoms with Crippen molar-refractivity contribution < 1.29 is 36.3 Å². The lowest BCUT2D eigenvalue weighted by atomic mass is 9.73. The summed E-state index contributed by atoms with van der Waals surface area (Å²) in [5.41, 5.74) is -1.72. The minimum atomic E-state index is -4.06. The summed E-state index contributed by atoms with van der Waals surface area (Å²) >= 11 is 6.26. The Bertz CT molecular complexity index is 1400. The van der Waals surface area contributed by atoms with Crippen molar-refractivity contribution in [3.05, 3.63) is 58.4 Å². The smallest absolute Gasteiger partial charge is 0.255 e. The normalized spacial score (nSPS) is 26.5. The van der Waals surface area contributed by atoms with E-state index in [0.717, 1.165) is 6.07 Å². The lowest BCUT2D eigenvalue weighted by molar-refractivity contribution is -0.127. The standard InChI is InChI=1S/C27H30ClF3N2O5S/c1-13(2)25(34)32-12-27(36)16-6-14(3)19(27)11-18(8-16)39(37,38)23-7-15(4-5-20(23)28)26(35)33-17-9-21(29)24(31)22(30)10-17/h4-5,7,9-10,13-14,16,18-19,36H,6,8,11-12H2,1-3H3,(H,32,34)(H,33,35)/t14-,16?,18+,19+,27+/m0/s1. The fourth-order valence-corrected chi connectivity index (χ4v) is 8.26. The zero-order valence-electron chi connectivity index (χ0n) is 21.6. The van der Waals surface area contributed by atoms with E-state index in [1.807, 2.05) is 6.92 Å². The molecule has 2 saturated carbocycles. The second-order valence-electron chi connectivity index (χ2n) is 10.9. The number of anilines is 1. The van der Waals surface area contributed by atoms with Crippen LogP contribution in [0.5, 0.6) is 0 Å². The molecule has 4 rings (SSSR count). The van der Waals surface area contributed by atoms with Gasteiger partial charge in [-0.3, -0.25) is 9.59 Å². The van der Waals surface area contributed by atoms with E-state index in [-0.39, 0.29) is 70.1 Å². The van der Waals surface area contributed by atoms with Crippen LogP contribution in [-0.4, -0.2) is 42.7 Å². The van der Waals surface area contributed by atoms with E-state index >= 15 is 0 Å². The monoisotopic (exact) mass is 586 g/mol. The van der Waals surface area contributed by atoms with E-state index in [0.29, 0.717) is 18.6 Å². The van der Waals surface area contributed by atoms with Gasteiger partial charge < -0.3 is 15.7 Å². The number of hydrogen-bond donors (Lipinski definition) is 3. The number of halogens is 4. The average Bonchev–Trinajstić information content (AvgIpc) is 2.98. The van der Waals surface area contributed by atoms with Crippen LogP contribution in [0.25, 0.3) is 0 Å². The molecule has 2 amide bonds. The lowest BCUT2D eigenvalue weighted by Gasteiger charge is -2.43. The number of fused-ring (bicyclic) bond motifs is 2. The number of amides is 2. The van der Waals surface area contributed by atoms with Gasteiger partial charge in [0.15, 0.2) is 27.3 Å². The summed E-state index contributed by atoms with van der Waals surface area (Å²) in [5, 5.41) is 15.6. The van der Waals surface area contributed by atoms with E-state index in [9.17, 15) is 36.3 Å². The van der Waals surface area contributed by atoms with Crippen molar-refractivity contribution in [3.63, 3.8) is 0 Å². The maximum atomic E-state index is 13.8. The van der Waals surface area contributed by atoms with Crippen molar-refractivity contribution in [2.24, 2.45) is 23.7 Å². The Kier molecular flexibility index (Phi) is 8.08. The zero-order chi connectivity index (χ0) is 28.9. The van der Waals surface area contributed by atoms with Crippen molar-refractivity contribution in [2.75, 3.05) is 11.9 Å².